The van der Waals surface area contributed by atoms with Crippen LogP contribution in [0, 0.1) is 0 Å². The summed E-state index contributed by atoms with van der Waals surface area (Å²) >= 11 is 1.91. The number of thioether (sulfide) groups is 1. The summed E-state index contributed by atoms with van der Waals surface area (Å²) in [4.78, 5) is 2.42. The normalized spacial score (nSPS) is 13.1. The van der Waals surface area contributed by atoms with Gasteiger partial charge in [0.2, 0.25) is 0 Å². The highest BCUT2D eigenvalue weighted by atomic mass is 32.2. The molecule has 0 aliphatic heterocycles. The lowest BCUT2D eigenvalue weighted by Crippen LogP contribution is -2.35. The minimum atomic E-state index is 0.653. The maximum Gasteiger partial charge on any atom is 0.0964 e. The van der Waals surface area contributed by atoms with Gasteiger partial charge in [-0.15, -0.1) is 5.10 Å². The van der Waals surface area contributed by atoms with Gasteiger partial charge in [0.05, 0.1) is 12.2 Å². The zero-order chi connectivity index (χ0) is 14.1. The zero-order valence-electron chi connectivity index (χ0n) is 12.6. The Morgan fingerprint density at radius 1 is 1.47 bits per heavy atom. The van der Waals surface area contributed by atoms with E-state index in [-0.39, 0.29) is 0 Å². The topological polar surface area (TPSA) is 46.0 Å². The first kappa shape index (κ1) is 16.5. The molecule has 1 atom stereocenters. The maximum atomic E-state index is 4.17. The number of likely N-dealkylation sites (N-methyl/N-ethyl adjacent to an activating group) is 1. The van der Waals surface area contributed by atoms with Crippen LogP contribution < -0.4 is 5.32 Å². The Morgan fingerprint density at radius 3 is 2.89 bits per heavy atom. The van der Waals surface area contributed by atoms with Crippen LogP contribution in [0.25, 0.3) is 0 Å². The quantitative estimate of drug-likeness (QED) is 0.705. The Labute approximate surface area is 121 Å². The molecule has 0 aromatic carbocycles. The molecule has 1 N–H and O–H groups in total. The van der Waals surface area contributed by atoms with E-state index in [1.807, 2.05) is 22.6 Å². The number of nitrogens with one attached hydrogen (secondary N) is 1. The minimum absolute atomic E-state index is 0.653. The van der Waals surface area contributed by atoms with E-state index < -0.39 is 0 Å². The number of rotatable bonds is 10. The Hall–Kier alpha value is -0.590. The molecule has 0 amide bonds. The molecule has 0 spiro atoms. The minimum Gasteiger partial charge on any atom is -0.311 e. The first-order chi connectivity index (χ1) is 9.21. The van der Waals surface area contributed by atoms with Crippen molar-refractivity contribution in [1.29, 1.82) is 0 Å². The van der Waals surface area contributed by atoms with Gasteiger partial charge in [0.1, 0.15) is 0 Å². The molecule has 0 saturated carbocycles. The van der Waals surface area contributed by atoms with Gasteiger partial charge in [0, 0.05) is 31.1 Å². The van der Waals surface area contributed by atoms with Crippen LogP contribution in [0.1, 0.15) is 26.0 Å². The second-order valence-corrected chi connectivity index (χ2v) is 5.66. The molecule has 6 heteroatoms. The lowest BCUT2D eigenvalue weighted by Gasteiger charge is -2.26. The molecule has 1 rings (SSSR count). The molecule has 0 fully saturated rings. The van der Waals surface area contributed by atoms with Crippen LogP contribution in [-0.4, -0.2) is 58.1 Å². The highest BCUT2D eigenvalue weighted by Gasteiger charge is 2.12. The largest absolute Gasteiger partial charge is 0.311 e. The Bertz CT molecular complexity index is 342. The van der Waals surface area contributed by atoms with Crippen LogP contribution in [0.2, 0.25) is 0 Å². The van der Waals surface area contributed by atoms with Crippen molar-refractivity contribution in [2.24, 2.45) is 0 Å². The number of hydrogen-bond acceptors (Lipinski definition) is 5. The van der Waals surface area contributed by atoms with Crippen molar-refractivity contribution in [3.8, 4) is 0 Å². The van der Waals surface area contributed by atoms with Crippen LogP contribution in [0.5, 0.6) is 0 Å². The standard InChI is InChI=1S/C13H27N5S/c1-5-13(11-19-4)17(3)7-8-18-10-12(15-16-18)9-14-6-2/h10,13-14H,5-9,11H2,1-4H3. The molecule has 0 radical (unpaired) electrons. The summed E-state index contributed by atoms with van der Waals surface area (Å²) in [5.74, 6) is 1.19. The molecule has 0 saturated heterocycles. The first-order valence-corrected chi connectivity index (χ1v) is 8.39. The average Bonchev–Trinajstić information content (AvgIpc) is 2.87. The smallest absolute Gasteiger partial charge is 0.0964 e. The fourth-order valence-electron chi connectivity index (χ4n) is 1.97. The summed E-state index contributed by atoms with van der Waals surface area (Å²) in [7, 11) is 2.20. The van der Waals surface area contributed by atoms with Crippen molar-refractivity contribution < 1.29 is 0 Å². The van der Waals surface area contributed by atoms with Crippen molar-refractivity contribution >= 4 is 11.8 Å². The molecule has 1 aromatic rings. The van der Waals surface area contributed by atoms with Gasteiger partial charge in [-0.2, -0.15) is 11.8 Å². The fourth-order valence-corrected chi connectivity index (χ4v) is 2.85. The third-order valence-electron chi connectivity index (χ3n) is 3.28. The Morgan fingerprint density at radius 2 is 2.26 bits per heavy atom. The molecule has 110 valence electrons. The molecule has 0 aliphatic rings. The summed E-state index contributed by atoms with van der Waals surface area (Å²) in [6, 6.07) is 0.653. The molecule has 1 aromatic heterocycles. The first-order valence-electron chi connectivity index (χ1n) is 7.00. The summed E-state index contributed by atoms with van der Waals surface area (Å²) < 4.78 is 1.94. The van der Waals surface area contributed by atoms with E-state index in [4.69, 9.17) is 0 Å². The van der Waals surface area contributed by atoms with Crippen molar-refractivity contribution in [2.75, 3.05) is 32.1 Å². The van der Waals surface area contributed by atoms with Crippen molar-refractivity contribution in [3.63, 3.8) is 0 Å². The lowest BCUT2D eigenvalue weighted by atomic mass is 10.2. The molecule has 1 unspecified atom stereocenters. The van der Waals surface area contributed by atoms with Gasteiger partial charge in [0.25, 0.3) is 0 Å². The van der Waals surface area contributed by atoms with E-state index in [9.17, 15) is 0 Å². The molecule has 5 nitrogen and oxygen atoms in total. The summed E-state index contributed by atoms with van der Waals surface area (Å²) in [6.07, 6.45) is 5.40. The van der Waals surface area contributed by atoms with Gasteiger partial charge in [-0.1, -0.05) is 19.1 Å². The number of hydrogen-bond donors (Lipinski definition) is 1. The van der Waals surface area contributed by atoms with E-state index in [0.717, 1.165) is 31.9 Å². The second kappa shape index (κ2) is 9.34. The summed E-state index contributed by atoms with van der Waals surface area (Å²) in [5, 5.41) is 11.6. The fraction of sp³-hybridized carbons (Fsp3) is 0.846. The van der Waals surface area contributed by atoms with Gasteiger partial charge in [-0.05, 0) is 26.3 Å². The highest BCUT2D eigenvalue weighted by molar-refractivity contribution is 7.98. The lowest BCUT2D eigenvalue weighted by molar-refractivity contribution is 0.242. The zero-order valence-corrected chi connectivity index (χ0v) is 13.4. The number of aromatic nitrogens is 3. The maximum absolute atomic E-state index is 4.17. The molecule has 19 heavy (non-hydrogen) atoms. The predicted octanol–water partition coefficient (Wildman–Crippen LogP) is 1.46. The summed E-state index contributed by atoms with van der Waals surface area (Å²) in [6.45, 7) is 8.03. The van der Waals surface area contributed by atoms with Gasteiger partial charge in [-0.3, -0.25) is 4.68 Å². The van der Waals surface area contributed by atoms with Crippen LogP contribution in [0.3, 0.4) is 0 Å². The predicted molar refractivity (Wildman–Crippen MR) is 82.5 cm³/mol. The molecule has 1 heterocycles. The van der Waals surface area contributed by atoms with E-state index in [2.05, 4.69) is 47.7 Å². The molecular weight excluding hydrogens is 258 g/mol. The highest BCUT2D eigenvalue weighted by Crippen LogP contribution is 2.08. The number of nitrogens with zero attached hydrogens (tertiary/aromatic N) is 4. The van der Waals surface area contributed by atoms with E-state index >= 15 is 0 Å². The monoisotopic (exact) mass is 285 g/mol. The third-order valence-corrected chi connectivity index (χ3v) is 4.00. The molecular formula is C13H27N5S. The second-order valence-electron chi connectivity index (χ2n) is 4.75. The van der Waals surface area contributed by atoms with Crippen molar-refractivity contribution in [3.05, 3.63) is 11.9 Å². The molecule has 0 aliphatic carbocycles. The van der Waals surface area contributed by atoms with Crippen LogP contribution in [-0.2, 0) is 13.1 Å². The van der Waals surface area contributed by atoms with E-state index in [1.165, 1.54) is 12.2 Å². The SMILES string of the molecule is CCNCc1cn(CCN(C)C(CC)CSC)nn1. The van der Waals surface area contributed by atoms with Crippen molar-refractivity contribution in [1.82, 2.24) is 25.2 Å². The van der Waals surface area contributed by atoms with Crippen molar-refractivity contribution in [2.45, 2.75) is 39.4 Å². The van der Waals surface area contributed by atoms with Crippen LogP contribution in [0.4, 0.5) is 0 Å². The Balaban J connectivity index is 2.36. The Kier molecular flexibility index (Phi) is 8.09. The van der Waals surface area contributed by atoms with Gasteiger partial charge in [0.15, 0.2) is 0 Å². The van der Waals surface area contributed by atoms with Gasteiger partial charge < -0.3 is 10.2 Å². The van der Waals surface area contributed by atoms with E-state index in [0.29, 0.717) is 6.04 Å². The van der Waals surface area contributed by atoms with Gasteiger partial charge in [-0.25, -0.2) is 0 Å². The van der Waals surface area contributed by atoms with E-state index in [1.54, 1.807) is 0 Å². The molecule has 0 bridgehead atoms. The third kappa shape index (κ3) is 5.93. The van der Waals surface area contributed by atoms with Crippen LogP contribution in [0.15, 0.2) is 6.20 Å². The van der Waals surface area contributed by atoms with Gasteiger partial charge >= 0.3 is 0 Å². The summed E-state index contributed by atoms with van der Waals surface area (Å²) in [5.41, 5.74) is 1.01. The average molecular weight is 285 g/mol. The van der Waals surface area contributed by atoms with Crippen LogP contribution >= 0.6 is 11.8 Å².